The fraction of sp³-hybridized carbons (Fsp3) is 0.400. The monoisotopic (exact) mass is 180 g/mol. The van der Waals surface area contributed by atoms with E-state index in [1.54, 1.807) is 0 Å². The Labute approximate surface area is 75.3 Å². The zero-order chi connectivity index (χ0) is 8.55. The topological polar surface area (TPSA) is 17.1 Å². The highest BCUT2D eigenvalue weighted by molar-refractivity contribution is 7.84. The Kier molecular flexibility index (Phi) is 2.01. The third-order valence-electron chi connectivity index (χ3n) is 2.37. The smallest absolute Gasteiger partial charge is 0.0491 e. The number of rotatable bonds is 0. The van der Waals surface area contributed by atoms with E-state index in [0.29, 0.717) is 5.25 Å². The number of hydrogen-bond donors (Lipinski definition) is 0. The van der Waals surface area contributed by atoms with Crippen molar-refractivity contribution in [1.82, 2.24) is 0 Å². The van der Waals surface area contributed by atoms with Crippen LogP contribution >= 0.6 is 0 Å². The molecule has 1 aliphatic heterocycles. The average molecular weight is 180 g/mol. The normalized spacial score (nSPS) is 28.1. The second kappa shape index (κ2) is 3.02. The molecule has 2 atom stereocenters. The fourth-order valence-corrected chi connectivity index (χ4v) is 2.83. The lowest BCUT2D eigenvalue weighted by atomic mass is 10.0. The van der Waals surface area contributed by atoms with Gasteiger partial charge in [-0.1, -0.05) is 31.2 Å². The SMILES string of the molecule is CC1Cc2ccccc2CS1=O. The molecule has 64 valence electrons. The van der Waals surface area contributed by atoms with Gasteiger partial charge >= 0.3 is 0 Å². The molecule has 0 bridgehead atoms. The zero-order valence-electron chi connectivity index (χ0n) is 7.12. The van der Waals surface area contributed by atoms with Gasteiger partial charge in [0.25, 0.3) is 0 Å². The Morgan fingerprint density at radius 3 is 2.75 bits per heavy atom. The first-order chi connectivity index (χ1) is 5.77. The van der Waals surface area contributed by atoms with Crippen LogP contribution in [0.2, 0.25) is 0 Å². The largest absolute Gasteiger partial charge is 0.259 e. The molecule has 0 fully saturated rings. The summed E-state index contributed by atoms with van der Waals surface area (Å²) in [5, 5.41) is 0.333. The van der Waals surface area contributed by atoms with Crippen LogP contribution in [-0.4, -0.2) is 9.46 Å². The van der Waals surface area contributed by atoms with E-state index < -0.39 is 10.8 Å². The van der Waals surface area contributed by atoms with Gasteiger partial charge in [0.1, 0.15) is 0 Å². The highest BCUT2D eigenvalue weighted by atomic mass is 32.2. The molecule has 0 aliphatic carbocycles. The van der Waals surface area contributed by atoms with Crippen molar-refractivity contribution in [1.29, 1.82) is 0 Å². The van der Waals surface area contributed by atoms with Crippen molar-refractivity contribution in [3.05, 3.63) is 35.4 Å². The summed E-state index contributed by atoms with van der Waals surface area (Å²) in [6, 6.07) is 8.30. The van der Waals surface area contributed by atoms with E-state index >= 15 is 0 Å². The third kappa shape index (κ3) is 1.31. The maximum absolute atomic E-state index is 11.5. The van der Waals surface area contributed by atoms with Crippen molar-refractivity contribution in [3.8, 4) is 0 Å². The van der Waals surface area contributed by atoms with Crippen molar-refractivity contribution in [2.75, 3.05) is 0 Å². The summed E-state index contributed by atoms with van der Waals surface area (Å²) in [7, 11) is -0.646. The van der Waals surface area contributed by atoms with Crippen molar-refractivity contribution in [2.45, 2.75) is 24.3 Å². The Morgan fingerprint density at radius 2 is 2.00 bits per heavy atom. The molecular formula is C10H12OS. The molecule has 1 heterocycles. The minimum absolute atomic E-state index is 0.333. The van der Waals surface area contributed by atoms with Crippen LogP contribution < -0.4 is 0 Å². The summed E-state index contributed by atoms with van der Waals surface area (Å²) in [5.74, 6) is 0.747. The lowest BCUT2D eigenvalue weighted by Gasteiger charge is -2.20. The van der Waals surface area contributed by atoms with Crippen molar-refractivity contribution >= 4 is 10.8 Å². The van der Waals surface area contributed by atoms with Gasteiger partial charge in [0.2, 0.25) is 0 Å². The van der Waals surface area contributed by atoms with Crippen LogP contribution in [0.25, 0.3) is 0 Å². The Hall–Kier alpha value is -0.630. The standard InChI is InChI=1S/C10H12OS/c1-8-6-9-4-2-3-5-10(9)7-12(8)11/h2-5,8H,6-7H2,1H3. The first-order valence-corrected chi connectivity index (χ1v) is 5.59. The Bertz CT molecular complexity index is 319. The lowest BCUT2D eigenvalue weighted by Crippen LogP contribution is -2.22. The molecule has 1 nitrogen and oxygen atoms in total. The van der Waals surface area contributed by atoms with E-state index in [9.17, 15) is 4.21 Å². The molecule has 2 rings (SSSR count). The van der Waals surface area contributed by atoms with Gasteiger partial charge in [0, 0.05) is 21.8 Å². The van der Waals surface area contributed by atoms with Gasteiger partial charge in [-0.2, -0.15) is 0 Å². The molecule has 0 aromatic heterocycles. The molecule has 0 saturated carbocycles. The molecule has 1 aromatic rings. The predicted octanol–water partition coefficient (Wildman–Crippen LogP) is 1.88. The molecular weight excluding hydrogens is 168 g/mol. The van der Waals surface area contributed by atoms with Gasteiger partial charge in [-0.25, -0.2) is 0 Å². The van der Waals surface area contributed by atoms with E-state index in [-0.39, 0.29) is 0 Å². The van der Waals surface area contributed by atoms with Crippen LogP contribution in [0.3, 0.4) is 0 Å². The second-order valence-electron chi connectivity index (χ2n) is 3.31. The Morgan fingerprint density at radius 1 is 1.33 bits per heavy atom. The quantitative estimate of drug-likeness (QED) is 0.596. The molecule has 1 aliphatic rings. The molecule has 2 heteroatoms. The van der Waals surface area contributed by atoms with Gasteiger partial charge in [-0.05, 0) is 17.5 Å². The molecule has 1 aromatic carbocycles. The summed E-state index contributed by atoms with van der Waals surface area (Å²) >= 11 is 0. The van der Waals surface area contributed by atoms with Gasteiger partial charge in [-0.15, -0.1) is 0 Å². The highest BCUT2D eigenvalue weighted by Gasteiger charge is 2.20. The number of benzene rings is 1. The molecule has 2 unspecified atom stereocenters. The lowest BCUT2D eigenvalue weighted by molar-refractivity contribution is 0.667. The summed E-state index contributed by atoms with van der Waals surface area (Å²) in [6.07, 6.45) is 0.975. The van der Waals surface area contributed by atoms with Crippen LogP contribution in [-0.2, 0) is 23.0 Å². The maximum Gasteiger partial charge on any atom is 0.0491 e. The predicted molar refractivity (Wildman–Crippen MR) is 51.5 cm³/mol. The highest BCUT2D eigenvalue weighted by Crippen LogP contribution is 2.21. The summed E-state index contributed by atoms with van der Waals surface area (Å²) in [4.78, 5) is 0. The van der Waals surface area contributed by atoms with Crippen LogP contribution in [0.15, 0.2) is 24.3 Å². The molecule has 0 N–H and O–H groups in total. The Balaban J connectivity index is 2.40. The molecule has 0 amide bonds. The molecule has 12 heavy (non-hydrogen) atoms. The van der Waals surface area contributed by atoms with Gasteiger partial charge in [0.15, 0.2) is 0 Å². The van der Waals surface area contributed by atoms with Crippen molar-refractivity contribution in [2.24, 2.45) is 0 Å². The second-order valence-corrected chi connectivity index (χ2v) is 5.16. The average Bonchev–Trinajstić information content (AvgIpc) is 2.07. The van der Waals surface area contributed by atoms with Gasteiger partial charge in [0.05, 0.1) is 0 Å². The fourth-order valence-electron chi connectivity index (χ4n) is 1.60. The van der Waals surface area contributed by atoms with Crippen LogP contribution in [0.1, 0.15) is 18.1 Å². The first-order valence-electron chi connectivity index (χ1n) is 4.21. The van der Waals surface area contributed by atoms with E-state index in [1.165, 1.54) is 11.1 Å². The van der Waals surface area contributed by atoms with Crippen LogP contribution in [0.4, 0.5) is 0 Å². The van der Waals surface area contributed by atoms with Gasteiger partial charge < -0.3 is 0 Å². The molecule has 0 spiro atoms. The molecule has 0 saturated heterocycles. The third-order valence-corrected chi connectivity index (χ3v) is 4.03. The number of fused-ring (bicyclic) bond motifs is 1. The number of hydrogen-bond acceptors (Lipinski definition) is 1. The summed E-state index contributed by atoms with van der Waals surface area (Å²) < 4.78 is 11.5. The van der Waals surface area contributed by atoms with E-state index in [2.05, 4.69) is 25.1 Å². The van der Waals surface area contributed by atoms with E-state index in [0.717, 1.165) is 12.2 Å². The summed E-state index contributed by atoms with van der Waals surface area (Å²) in [6.45, 7) is 2.06. The molecule has 0 radical (unpaired) electrons. The van der Waals surface area contributed by atoms with Crippen LogP contribution in [0, 0.1) is 0 Å². The first kappa shape index (κ1) is 7.99. The van der Waals surface area contributed by atoms with Crippen molar-refractivity contribution < 1.29 is 4.21 Å². The maximum atomic E-state index is 11.5. The minimum atomic E-state index is -0.646. The van der Waals surface area contributed by atoms with E-state index in [1.807, 2.05) is 6.07 Å². The van der Waals surface area contributed by atoms with E-state index in [4.69, 9.17) is 0 Å². The van der Waals surface area contributed by atoms with Gasteiger partial charge in [-0.3, -0.25) is 4.21 Å². The van der Waals surface area contributed by atoms with Crippen LogP contribution in [0.5, 0.6) is 0 Å². The zero-order valence-corrected chi connectivity index (χ0v) is 7.93. The minimum Gasteiger partial charge on any atom is -0.259 e. The van der Waals surface area contributed by atoms with Crippen molar-refractivity contribution in [3.63, 3.8) is 0 Å². The summed E-state index contributed by atoms with van der Waals surface area (Å²) in [5.41, 5.74) is 2.65.